The van der Waals surface area contributed by atoms with Crippen molar-refractivity contribution in [2.75, 3.05) is 0 Å². The Labute approximate surface area is 83.4 Å². The van der Waals surface area contributed by atoms with Gasteiger partial charge in [0.05, 0.1) is 4.90 Å². The van der Waals surface area contributed by atoms with Gasteiger partial charge in [-0.15, -0.1) is 12.6 Å². The van der Waals surface area contributed by atoms with Crippen LogP contribution in [0.15, 0.2) is 21.9 Å². The van der Waals surface area contributed by atoms with Gasteiger partial charge < -0.3 is 0 Å². The maximum absolute atomic E-state index is 11.0. The Bertz CT molecular complexity index is 414. The first-order valence-electron chi connectivity index (χ1n) is 3.65. The van der Waals surface area contributed by atoms with Crippen molar-refractivity contribution in [1.82, 2.24) is 0 Å². The topological polar surface area (TPSA) is 60.2 Å². The van der Waals surface area contributed by atoms with E-state index in [4.69, 9.17) is 5.14 Å². The van der Waals surface area contributed by atoms with Gasteiger partial charge in [-0.25, -0.2) is 13.6 Å². The average Bonchev–Trinajstić information content (AvgIpc) is 1.97. The molecule has 0 fully saturated rings. The van der Waals surface area contributed by atoms with Crippen LogP contribution in [0, 0.1) is 13.8 Å². The summed E-state index contributed by atoms with van der Waals surface area (Å²) in [5, 5.41) is 4.99. The number of hydrogen-bond donors (Lipinski definition) is 2. The standard InChI is InChI=1S/C8H11NO2S2/c1-5-3-7(13(9,10)11)4-6(2)8(5)12/h3-4,12H,1-2H3,(H2,9,10,11). The summed E-state index contributed by atoms with van der Waals surface area (Å²) in [6, 6.07) is 3.04. The molecule has 0 aromatic heterocycles. The van der Waals surface area contributed by atoms with Gasteiger partial charge in [0.25, 0.3) is 0 Å². The Hall–Kier alpha value is -0.520. The molecule has 1 aromatic rings. The van der Waals surface area contributed by atoms with Crippen molar-refractivity contribution in [3.05, 3.63) is 23.3 Å². The van der Waals surface area contributed by atoms with E-state index >= 15 is 0 Å². The lowest BCUT2D eigenvalue weighted by Crippen LogP contribution is -2.12. The summed E-state index contributed by atoms with van der Waals surface area (Å²) in [7, 11) is -3.60. The van der Waals surface area contributed by atoms with Gasteiger partial charge >= 0.3 is 0 Å². The summed E-state index contributed by atoms with van der Waals surface area (Å²) in [4.78, 5) is 0.938. The normalized spacial score (nSPS) is 11.7. The summed E-state index contributed by atoms with van der Waals surface area (Å²) < 4.78 is 22.0. The molecule has 0 aliphatic heterocycles. The van der Waals surface area contributed by atoms with Crippen molar-refractivity contribution in [3.8, 4) is 0 Å². The fourth-order valence-corrected chi connectivity index (χ4v) is 1.89. The summed E-state index contributed by atoms with van der Waals surface area (Å²) in [5.74, 6) is 0. The number of hydrogen-bond acceptors (Lipinski definition) is 3. The molecule has 0 saturated heterocycles. The second-order valence-electron chi connectivity index (χ2n) is 2.95. The van der Waals surface area contributed by atoms with Gasteiger partial charge in [0.15, 0.2) is 0 Å². The largest absolute Gasteiger partial charge is 0.238 e. The van der Waals surface area contributed by atoms with Gasteiger partial charge in [0.2, 0.25) is 10.0 Å². The molecule has 0 unspecified atom stereocenters. The van der Waals surface area contributed by atoms with Crippen molar-refractivity contribution >= 4 is 22.7 Å². The molecule has 3 nitrogen and oxygen atoms in total. The lowest BCUT2D eigenvalue weighted by atomic mass is 10.2. The van der Waals surface area contributed by atoms with E-state index in [9.17, 15) is 8.42 Å². The minimum atomic E-state index is -3.60. The number of thiol groups is 1. The highest BCUT2D eigenvalue weighted by atomic mass is 32.2. The zero-order valence-corrected chi connectivity index (χ0v) is 9.11. The third-order valence-electron chi connectivity index (χ3n) is 1.79. The molecule has 0 bridgehead atoms. The number of aryl methyl sites for hydroxylation is 2. The molecule has 0 saturated carbocycles. The van der Waals surface area contributed by atoms with Gasteiger partial charge in [0, 0.05) is 4.90 Å². The van der Waals surface area contributed by atoms with E-state index in [0.29, 0.717) is 0 Å². The van der Waals surface area contributed by atoms with Gasteiger partial charge in [0.1, 0.15) is 0 Å². The van der Waals surface area contributed by atoms with E-state index in [1.165, 1.54) is 12.1 Å². The molecule has 0 heterocycles. The van der Waals surface area contributed by atoms with Crippen LogP contribution in [0.4, 0.5) is 0 Å². The Morgan fingerprint density at radius 3 is 1.92 bits per heavy atom. The molecule has 0 amide bonds. The monoisotopic (exact) mass is 217 g/mol. The maximum atomic E-state index is 11.0. The molecular weight excluding hydrogens is 206 g/mol. The number of benzene rings is 1. The van der Waals surface area contributed by atoms with Crippen LogP contribution in [0.25, 0.3) is 0 Å². The van der Waals surface area contributed by atoms with Crippen molar-refractivity contribution < 1.29 is 8.42 Å². The van der Waals surface area contributed by atoms with Gasteiger partial charge in [-0.05, 0) is 37.1 Å². The van der Waals surface area contributed by atoms with Gasteiger partial charge in [-0.1, -0.05) is 0 Å². The van der Waals surface area contributed by atoms with Crippen LogP contribution in [0.3, 0.4) is 0 Å². The smallest absolute Gasteiger partial charge is 0.225 e. The summed E-state index contributed by atoms with van der Waals surface area (Å²) in [6.07, 6.45) is 0. The molecule has 0 spiro atoms. The molecule has 0 radical (unpaired) electrons. The lowest BCUT2D eigenvalue weighted by molar-refractivity contribution is 0.597. The van der Waals surface area contributed by atoms with E-state index in [-0.39, 0.29) is 4.90 Å². The quantitative estimate of drug-likeness (QED) is 0.695. The Morgan fingerprint density at radius 2 is 1.62 bits per heavy atom. The highest BCUT2D eigenvalue weighted by Crippen LogP contribution is 2.21. The minimum absolute atomic E-state index is 0.139. The molecule has 0 aliphatic rings. The van der Waals surface area contributed by atoms with Crippen molar-refractivity contribution in [2.24, 2.45) is 5.14 Å². The van der Waals surface area contributed by atoms with E-state index in [2.05, 4.69) is 12.6 Å². The average molecular weight is 217 g/mol. The Kier molecular flexibility index (Phi) is 2.70. The zero-order valence-electron chi connectivity index (χ0n) is 7.40. The number of nitrogens with two attached hydrogens (primary N) is 1. The van der Waals surface area contributed by atoms with E-state index in [0.717, 1.165) is 16.0 Å². The summed E-state index contributed by atoms with van der Waals surface area (Å²) >= 11 is 4.22. The van der Waals surface area contributed by atoms with Crippen LogP contribution in [0.1, 0.15) is 11.1 Å². The van der Waals surface area contributed by atoms with Gasteiger partial charge in [-0.3, -0.25) is 0 Å². The van der Waals surface area contributed by atoms with Crippen LogP contribution in [-0.2, 0) is 10.0 Å². The SMILES string of the molecule is Cc1cc(S(N)(=O)=O)cc(C)c1S. The van der Waals surface area contributed by atoms with E-state index in [1.54, 1.807) is 13.8 Å². The van der Waals surface area contributed by atoms with Crippen molar-refractivity contribution in [2.45, 2.75) is 23.6 Å². The van der Waals surface area contributed by atoms with Crippen LogP contribution in [0.2, 0.25) is 0 Å². The fraction of sp³-hybridized carbons (Fsp3) is 0.250. The number of primary sulfonamides is 1. The highest BCUT2D eigenvalue weighted by molar-refractivity contribution is 7.89. The van der Waals surface area contributed by atoms with Crippen LogP contribution >= 0.6 is 12.6 Å². The molecule has 13 heavy (non-hydrogen) atoms. The number of sulfonamides is 1. The molecule has 1 aromatic carbocycles. The third-order valence-corrected chi connectivity index (χ3v) is 3.39. The molecular formula is C8H11NO2S2. The Morgan fingerprint density at radius 1 is 1.23 bits per heavy atom. The third kappa shape index (κ3) is 2.24. The van der Waals surface area contributed by atoms with Crippen LogP contribution < -0.4 is 5.14 Å². The molecule has 2 N–H and O–H groups in total. The van der Waals surface area contributed by atoms with E-state index in [1.807, 2.05) is 0 Å². The predicted molar refractivity (Wildman–Crippen MR) is 54.5 cm³/mol. The first kappa shape index (κ1) is 10.6. The van der Waals surface area contributed by atoms with Crippen molar-refractivity contribution in [1.29, 1.82) is 0 Å². The lowest BCUT2D eigenvalue weighted by Gasteiger charge is -2.06. The molecule has 0 aliphatic carbocycles. The maximum Gasteiger partial charge on any atom is 0.238 e. The van der Waals surface area contributed by atoms with Crippen LogP contribution in [0.5, 0.6) is 0 Å². The zero-order chi connectivity index (χ0) is 10.2. The second kappa shape index (κ2) is 3.32. The predicted octanol–water partition coefficient (Wildman–Crippen LogP) is 1.24. The molecule has 1 rings (SSSR count). The first-order chi connectivity index (χ1) is 5.82. The van der Waals surface area contributed by atoms with Gasteiger partial charge in [-0.2, -0.15) is 0 Å². The summed E-state index contributed by atoms with van der Waals surface area (Å²) in [5.41, 5.74) is 1.62. The highest BCUT2D eigenvalue weighted by Gasteiger charge is 2.10. The molecule has 72 valence electrons. The fourth-order valence-electron chi connectivity index (χ4n) is 1.08. The van der Waals surface area contributed by atoms with Crippen LogP contribution in [-0.4, -0.2) is 8.42 Å². The Balaban J connectivity index is 3.47. The first-order valence-corrected chi connectivity index (χ1v) is 5.65. The minimum Gasteiger partial charge on any atom is -0.225 e. The van der Waals surface area contributed by atoms with Crippen molar-refractivity contribution in [3.63, 3.8) is 0 Å². The van der Waals surface area contributed by atoms with E-state index < -0.39 is 10.0 Å². The summed E-state index contributed by atoms with van der Waals surface area (Å²) in [6.45, 7) is 3.59. The number of rotatable bonds is 1. The second-order valence-corrected chi connectivity index (χ2v) is 4.96. The molecule has 0 atom stereocenters. The molecule has 5 heteroatoms.